The van der Waals surface area contributed by atoms with Gasteiger partial charge in [0.15, 0.2) is 0 Å². The van der Waals surface area contributed by atoms with E-state index < -0.39 is 15.8 Å². The van der Waals surface area contributed by atoms with Crippen LogP contribution in [0.3, 0.4) is 0 Å². The molecule has 0 unspecified atom stereocenters. The van der Waals surface area contributed by atoms with Crippen LogP contribution in [-0.2, 0) is 10.0 Å². The van der Waals surface area contributed by atoms with Crippen molar-refractivity contribution in [2.75, 3.05) is 23.6 Å². The van der Waals surface area contributed by atoms with E-state index in [0.717, 1.165) is 12.6 Å². The van der Waals surface area contributed by atoms with Crippen molar-refractivity contribution in [3.63, 3.8) is 0 Å². The van der Waals surface area contributed by atoms with Crippen LogP contribution in [0, 0.1) is 5.82 Å². The maximum Gasteiger partial charge on any atom is 0.232 e. The van der Waals surface area contributed by atoms with E-state index in [1.54, 1.807) is 0 Å². The van der Waals surface area contributed by atoms with Gasteiger partial charge in [0, 0.05) is 4.47 Å². The molecule has 1 aromatic rings. The molecule has 0 saturated heterocycles. The third-order valence-corrected chi connectivity index (χ3v) is 4.26. The number of rotatable bonds is 7. The number of nitrogens with one attached hydrogen (secondary N) is 2. The van der Waals surface area contributed by atoms with E-state index in [4.69, 9.17) is 0 Å². The molecule has 4 nitrogen and oxygen atoms in total. The highest BCUT2D eigenvalue weighted by molar-refractivity contribution is 9.10. The largest absolute Gasteiger partial charge is 0.317 e. The molecule has 18 heavy (non-hydrogen) atoms. The minimum atomic E-state index is -3.44. The zero-order valence-corrected chi connectivity index (χ0v) is 12.4. The summed E-state index contributed by atoms with van der Waals surface area (Å²) >= 11 is 3.17. The Balaban J connectivity index is 2.62. The van der Waals surface area contributed by atoms with Crippen molar-refractivity contribution in [3.8, 4) is 0 Å². The van der Waals surface area contributed by atoms with Crippen LogP contribution in [0.15, 0.2) is 22.7 Å². The predicted octanol–water partition coefficient (Wildman–Crippen LogP) is 2.33. The molecule has 0 amide bonds. The molecule has 1 rings (SSSR count). The quantitative estimate of drug-likeness (QED) is 0.750. The predicted molar refractivity (Wildman–Crippen MR) is 74.7 cm³/mol. The van der Waals surface area contributed by atoms with Gasteiger partial charge >= 0.3 is 0 Å². The third-order valence-electron chi connectivity index (χ3n) is 2.21. The van der Waals surface area contributed by atoms with Gasteiger partial charge in [0.25, 0.3) is 0 Å². The number of hydrogen-bond acceptors (Lipinski definition) is 3. The molecule has 7 heteroatoms. The Kier molecular flexibility index (Phi) is 6.04. The van der Waals surface area contributed by atoms with E-state index in [0.29, 0.717) is 17.4 Å². The van der Waals surface area contributed by atoms with Gasteiger partial charge in [-0.2, -0.15) is 0 Å². The van der Waals surface area contributed by atoms with Crippen molar-refractivity contribution in [2.45, 2.75) is 13.3 Å². The molecule has 0 atom stereocenters. The first kappa shape index (κ1) is 15.4. The maximum absolute atomic E-state index is 13.0. The second-order valence-corrected chi connectivity index (χ2v) is 6.45. The van der Waals surface area contributed by atoms with Crippen molar-refractivity contribution in [3.05, 3.63) is 28.5 Å². The van der Waals surface area contributed by atoms with E-state index in [1.165, 1.54) is 12.1 Å². The normalized spacial score (nSPS) is 11.5. The van der Waals surface area contributed by atoms with Crippen LogP contribution < -0.4 is 10.0 Å². The molecule has 0 aromatic heterocycles. The molecule has 0 aliphatic carbocycles. The van der Waals surface area contributed by atoms with Gasteiger partial charge in [-0.1, -0.05) is 6.92 Å². The molecule has 1 aromatic carbocycles. The van der Waals surface area contributed by atoms with Crippen LogP contribution in [0.25, 0.3) is 0 Å². The Labute approximate surface area is 115 Å². The number of benzene rings is 1. The summed E-state index contributed by atoms with van der Waals surface area (Å²) in [4.78, 5) is 0. The van der Waals surface area contributed by atoms with Crippen LogP contribution in [0.4, 0.5) is 10.1 Å². The maximum atomic E-state index is 13.0. The fourth-order valence-corrected chi connectivity index (χ4v) is 2.97. The molecule has 0 fully saturated rings. The topological polar surface area (TPSA) is 58.2 Å². The van der Waals surface area contributed by atoms with E-state index in [2.05, 4.69) is 26.0 Å². The number of anilines is 1. The lowest BCUT2D eigenvalue weighted by molar-refractivity contribution is 0.595. The van der Waals surface area contributed by atoms with E-state index >= 15 is 0 Å². The Morgan fingerprint density at radius 2 is 2.11 bits per heavy atom. The van der Waals surface area contributed by atoms with Crippen molar-refractivity contribution < 1.29 is 12.8 Å². The zero-order valence-electron chi connectivity index (χ0n) is 10.0. The Morgan fingerprint density at radius 3 is 2.78 bits per heavy atom. The number of halogens is 2. The Hall–Kier alpha value is -0.660. The van der Waals surface area contributed by atoms with Crippen molar-refractivity contribution in [1.82, 2.24) is 5.32 Å². The van der Waals surface area contributed by atoms with Gasteiger partial charge in [-0.05, 0) is 53.6 Å². The second-order valence-electron chi connectivity index (χ2n) is 3.75. The van der Waals surface area contributed by atoms with Gasteiger partial charge in [0.2, 0.25) is 10.0 Å². The van der Waals surface area contributed by atoms with Crippen LogP contribution in [0.5, 0.6) is 0 Å². The van der Waals surface area contributed by atoms with Crippen molar-refractivity contribution >= 4 is 31.6 Å². The fraction of sp³-hybridized carbons (Fsp3) is 0.455. The van der Waals surface area contributed by atoms with E-state index in [1.807, 2.05) is 6.92 Å². The van der Waals surface area contributed by atoms with Crippen molar-refractivity contribution in [1.29, 1.82) is 0 Å². The summed E-state index contributed by atoms with van der Waals surface area (Å²) < 4.78 is 39.4. The van der Waals surface area contributed by atoms with Crippen LogP contribution >= 0.6 is 15.9 Å². The van der Waals surface area contributed by atoms with Gasteiger partial charge in [0.05, 0.1) is 11.4 Å². The van der Waals surface area contributed by atoms with E-state index in [9.17, 15) is 12.8 Å². The minimum absolute atomic E-state index is 0.00293. The molecule has 2 N–H and O–H groups in total. The Bertz CT molecular complexity index is 494. The Morgan fingerprint density at radius 1 is 1.39 bits per heavy atom. The lowest BCUT2D eigenvalue weighted by atomic mass is 10.3. The summed E-state index contributed by atoms with van der Waals surface area (Å²) in [5, 5.41) is 3.04. The molecular formula is C11H16BrFN2O2S. The first-order chi connectivity index (χ1) is 8.44. The molecule has 0 radical (unpaired) electrons. The van der Waals surface area contributed by atoms with E-state index in [-0.39, 0.29) is 11.4 Å². The first-order valence-electron chi connectivity index (χ1n) is 5.61. The molecule has 0 bridgehead atoms. The van der Waals surface area contributed by atoms with Crippen LogP contribution in [0.2, 0.25) is 0 Å². The minimum Gasteiger partial charge on any atom is -0.317 e. The average molecular weight is 339 g/mol. The van der Waals surface area contributed by atoms with Gasteiger partial charge in [-0.25, -0.2) is 12.8 Å². The van der Waals surface area contributed by atoms with Crippen molar-refractivity contribution in [2.24, 2.45) is 0 Å². The molecule has 0 aliphatic rings. The smallest absolute Gasteiger partial charge is 0.232 e. The van der Waals surface area contributed by atoms with Gasteiger partial charge < -0.3 is 5.32 Å². The summed E-state index contributed by atoms with van der Waals surface area (Å²) in [6.45, 7) is 3.40. The second kappa shape index (κ2) is 7.06. The highest BCUT2D eigenvalue weighted by atomic mass is 79.9. The summed E-state index contributed by atoms with van der Waals surface area (Å²) in [5.74, 6) is -0.480. The van der Waals surface area contributed by atoms with Crippen LogP contribution in [-0.4, -0.2) is 27.3 Å². The third kappa shape index (κ3) is 5.32. The molecule has 0 saturated carbocycles. The molecule has 0 heterocycles. The van der Waals surface area contributed by atoms with Gasteiger partial charge in [-0.3, -0.25) is 4.72 Å². The summed E-state index contributed by atoms with van der Waals surface area (Å²) in [7, 11) is -3.44. The standard InChI is InChI=1S/C11H16BrFN2O2S/c1-2-14-6-3-7-18(16,17)15-11-8-9(13)4-5-10(11)12/h4-5,8,14-15H,2-3,6-7H2,1H3. The fourth-order valence-electron chi connectivity index (χ4n) is 1.36. The molecule has 0 aliphatic heterocycles. The van der Waals surface area contributed by atoms with Gasteiger partial charge in [0.1, 0.15) is 5.82 Å². The summed E-state index contributed by atoms with van der Waals surface area (Å²) in [6, 6.07) is 3.87. The first-order valence-corrected chi connectivity index (χ1v) is 8.05. The molecule has 0 spiro atoms. The lowest BCUT2D eigenvalue weighted by Gasteiger charge is -2.09. The van der Waals surface area contributed by atoms with Crippen LogP contribution in [0.1, 0.15) is 13.3 Å². The lowest BCUT2D eigenvalue weighted by Crippen LogP contribution is -2.22. The zero-order chi connectivity index (χ0) is 13.6. The van der Waals surface area contributed by atoms with Gasteiger partial charge in [-0.15, -0.1) is 0 Å². The monoisotopic (exact) mass is 338 g/mol. The SMILES string of the molecule is CCNCCCS(=O)(=O)Nc1cc(F)ccc1Br. The molecule has 102 valence electrons. The highest BCUT2D eigenvalue weighted by Crippen LogP contribution is 2.24. The highest BCUT2D eigenvalue weighted by Gasteiger charge is 2.12. The number of hydrogen-bond donors (Lipinski definition) is 2. The average Bonchev–Trinajstić information content (AvgIpc) is 2.29. The molecular weight excluding hydrogens is 323 g/mol. The summed E-state index contributed by atoms with van der Waals surface area (Å²) in [5.41, 5.74) is 0.221. The number of sulfonamides is 1. The summed E-state index contributed by atoms with van der Waals surface area (Å²) in [6.07, 6.45) is 0.510.